The molecule has 2 N–H and O–H groups in total. The summed E-state index contributed by atoms with van der Waals surface area (Å²) in [4.78, 5) is 0. The molecular formula is C14H21NO2. The highest BCUT2D eigenvalue weighted by Crippen LogP contribution is 2.31. The average molecular weight is 235 g/mol. The minimum atomic E-state index is 0.0234. The van der Waals surface area contributed by atoms with E-state index < -0.39 is 0 Å². The smallest absolute Gasteiger partial charge is 0.128 e. The topological polar surface area (TPSA) is 44.5 Å². The summed E-state index contributed by atoms with van der Waals surface area (Å²) in [6, 6.07) is 4.36. The standard InChI is InChI=1S/C14H21NO2/c1-8-5-9(2)10(3)12(6-8)17-13-7-11(15)14(13)16-4/h5-6,11,13-14H,7,15H2,1-4H3. The summed E-state index contributed by atoms with van der Waals surface area (Å²) in [6.07, 6.45) is 0.982. The molecule has 3 nitrogen and oxygen atoms in total. The lowest BCUT2D eigenvalue weighted by Crippen LogP contribution is -2.59. The Balaban J connectivity index is 2.14. The third kappa shape index (κ3) is 2.31. The third-order valence-corrected chi connectivity index (χ3v) is 3.61. The van der Waals surface area contributed by atoms with Crippen LogP contribution in [-0.2, 0) is 4.74 Å². The summed E-state index contributed by atoms with van der Waals surface area (Å²) in [7, 11) is 1.69. The Bertz CT molecular complexity index is 417. The van der Waals surface area contributed by atoms with Crippen LogP contribution in [0, 0.1) is 20.8 Å². The summed E-state index contributed by atoms with van der Waals surface area (Å²) in [6.45, 7) is 6.28. The van der Waals surface area contributed by atoms with Crippen molar-refractivity contribution < 1.29 is 9.47 Å². The van der Waals surface area contributed by atoms with Gasteiger partial charge < -0.3 is 15.2 Å². The molecule has 3 unspecified atom stereocenters. The van der Waals surface area contributed by atoms with E-state index in [1.165, 1.54) is 16.7 Å². The molecule has 0 aliphatic heterocycles. The zero-order valence-electron chi connectivity index (χ0n) is 11.0. The van der Waals surface area contributed by atoms with Crippen LogP contribution >= 0.6 is 0 Å². The number of nitrogens with two attached hydrogens (primary N) is 1. The van der Waals surface area contributed by atoms with E-state index in [-0.39, 0.29) is 18.2 Å². The first kappa shape index (κ1) is 12.4. The van der Waals surface area contributed by atoms with Crippen molar-refractivity contribution in [2.75, 3.05) is 7.11 Å². The normalized spacial score (nSPS) is 27.7. The van der Waals surface area contributed by atoms with Crippen molar-refractivity contribution >= 4 is 0 Å². The second-order valence-corrected chi connectivity index (χ2v) is 4.96. The molecule has 17 heavy (non-hydrogen) atoms. The SMILES string of the molecule is COC1C(N)CC1Oc1cc(C)cc(C)c1C. The maximum Gasteiger partial charge on any atom is 0.128 e. The van der Waals surface area contributed by atoms with Gasteiger partial charge in [-0.15, -0.1) is 0 Å². The monoisotopic (exact) mass is 235 g/mol. The molecule has 1 saturated carbocycles. The van der Waals surface area contributed by atoms with Crippen LogP contribution < -0.4 is 10.5 Å². The van der Waals surface area contributed by atoms with Crippen molar-refractivity contribution in [1.29, 1.82) is 0 Å². The first-order valence-corrected chi connectivity index (χ1v) is 6.05. The van der Waals surface area contributed by atoms with Crippen LogP contribution in [0.3, 0.4) is 0 Å². The summed E-state index contributed by atoms with van der Waals surface area (Å²) in [5.41, 5.74) is 9.55. The van der Waals surface area contributed by atoms with Crippen molar-refractivity contribution in [2.45, 2.75) is 45.4 Å². The Morgan fingerprint density at radius 1 is 1.24 bits per heavy atom. The van der Waals surface area contributed by atoms with Gasteiger partial charge in [-0.1, -0.05) is 6.07 Å². The van der Waals surface area contributed by atoms with Gasteiger partial charge in [0.2, 0.25) is 0 Å². The molecule has 0 saturated heterocycles. The maximum absolute atomic E-state index is 6.01. The van der Waals surface area contributed by atoms with E-state index in [1.807, 2.05) is 0 Å². The summed E-state index contributed by atoms with van der Waals surface area (Å²) in [5, 5.41) is 0. The highest BCUT2D eigenvalue weighted by Gasteiger charge is 2.41. The Morgan fingerprint density at radius 2 is 1.94 bits per heavy atom. The molecule has 0 spiro atoms. The molecule has 3 heteroatoms. The number of methoxy groups -OCH3 is 1. The van der Waals surface area contributed by atoms with Gasteiger partial charge in [0, 0.05) is 19.6 Å². The van der Waals surface area contributed by atoms with Gasteiger partial charge in [0.05, 0.1) is 0 Å². The largest absolute Gasteiger partial charge is 0.487 e. The quantitative estimate of drug-likeness (QED) is 0.872. The molecule has 1 aliphatic rings. The van der Waals surface area contributed by atoms with Gasteiger partial charge >= 0.3 is 0 Å². The number of aryl methyl sites for hydroxylation is 2. The lowest BCUT2D eigenvalue weighted by atomic mass is 9.86. The van der Waals surface area contributed by atoms with E-state index in [2.05, 4.69) is 32.9 Å². The molecule has 94 valence electrons. The van der Waals surface area contributed by atoms with Crippen molar-refractivity contribution in [3.05, 3.63) is 28.8 Å². The van der Waals surface area contributed by atoms with Crippen molar-refractivity contribution in [3.63, 3.8) is 0 Å². The molecule has 3 atom stereocenters. The Kier molecular flexibility index (Phi) is 3.40. The van der Waals surface area contributed by atoms with E-state index in [4.69, 9.17) is 15.2 Å². The van der Waals surface area contributed by atoms with E-state index >= 15 is 0 Å². The lowest BCUT2D eigenvalue weighted by molar-refractivity contribution is -0.0784. The van der Waals surface area contributed by atoms with Crippen LogP contribution in [-0.4, -0.2) is 25.4 Å². The molecule has 0 radical (unpaired) electrons. The van der Waals surface area contributed by atoms with Crippen molar-refractivity contribution in [1.82, 2.24) is 0 Å². The highest BCUT2D eigenvalue weighted by atomic mass is 16.5. The van der Waals surface area contributed by atoms with Gasteiger partial charge in [-0.25, -0.2) is 0 Å². The molecule has 0 aromatic heterocycles. The van der Waals surface area contributed by atoms with Crippen molar-refractivity contribution in [3.8, 4) is 5.75 Å². The summed E-state index contributed by atoms with van der Waals surface area (Å²) >= 11 is 0. The van der Waals surface area contributed by atoms with E-state index in [9.17, 15) is 0 Å². The molecule has 1 fully saturated rings. The molecule has 0 amide bonds. The molecule has 1 aromatic carbocycles. The molecule has 2 rings (SSSR count). The van der Waals surface area contributed by atoms with Crippen molar-refractivity contribution in [2.24, 2.45) is 5.73 Å². The fourth-order valence-corrected chi connectivity index (χ4v) is 2.34. The number of hydrogen-bond donors (Lipinski definition) is 1. The van der Waals surface area contributed by atoms with Crippen LogP contribution in [0.5, 0.6) is 5.75 Å². The summed E-state index contributed by atoms with van der Waals surface area (Å²) < 4.78 is 11.3. The maximum atomic E-state index is 6.01. The first-order chi connectivity index (χ1) is 8.02. The molecule has 1 aliphatic carbocycles. The highest BCUT2D eigenvalue weighted by molar-refractivity contribution is 5.42. The zero-order valence-corrected chi connectivity index (χ0v) is 11.0. The van der Waals surface area contributed by atoms with Crippen LogP contribution in [0.2, 0.25) is 0 Å². The van der Waals surface area contributed by atoms with Crippen LogP contribution in [0.1, 0.15) is 23.1 Å². The molecule has 0 bridgehead atoms. The van der Waals surface area contributed by atoms with Gasteiger partial charge in [-0.05, 0) is 43.5 Å². The van der Waals surface area contributed by atoms with Gasteiger partial charge in [-0.3, -0.25) is 0 Å². The Hall–Kier alpha value is -1.06. The molecule has 1 aromatic rings. The van der Waals surface area contributed by atoms with Gasteiger partial charge in [-0.2, -0.15) is 0 Å². The predicted molar refractivity (Wildman–Crippen MR) is 68.5 cm³/mol. The van der Waals surface area contributed by atoms with E-state index in [0.717, 1.165) is 12.2 Å². The minimum Gasteiger partial charge on any atom is -0.487 e. The lowest BCUT2D eigenvalue weighted by Gasteiger charge is -2.41. The first-order valence-electron chi connectivity index (χ1n) is 6.05. The molecule has 0 heterocycles. The second-order valence-electron chi connectivity index (χ2n) is 4.96. The Morgan fingerprint density at radius 3 is 2.53 bits per heavy atom. The zero-order chi connectivity index (χ0) is 12.6. The van der Waals surface area contributed by atoms with Crippen LogP contribution in [0.15, 0.2) is 12.1 Å². The van der Waals surface area contributed by atoms with Crippen LogP contribution in [0.25, 0.3) is 0 Å². The number of benzene rings is 1. The second kappa shape index (κ2) is 4.67. The summed E-state index contributed by atoms with van der Waals surface area (Å²) in [5.74, 6) is 0.960. The van der Waals surface area contributed by atoms with Gasteiger partial charge in [0.1, 0.15) is 18.0 Å². The average Bonchev–Trinajstić information content (AvgIpc) is 2.24. The Labute approximate surface area is 103 Å². The fourth-order valence-electron chi connectivity index (χ4n) is 2.34. The number of hydrogen-bond acceptors (Lipinski definition) is 3. The molecular weight excluding hydrogens is 214 g/mol. The van der Waals surface area contributed by atoms with Crippen LogP contribution in [0.4, 0.5) is 0 Å². The fraction of sp³-hybridized carbons (Fsp3) is 0.571. The van der Waals surface area contributed by atoms with E-state index in [1.54, 1.807) is 7.11 Å². The number of rotatable bonds is 3. The van der Waals surface area contributed by atoms with E-state index in [0.29, 0.717) is 0 Å². The minimum absolute atomic E-state index is 0.0234. The predicted octanol–water partition coefficient (Wildman–Crippen LogP) is 2.11. The number of ether oxygens (including phenoxy) is 2. The van der Waals surface area contributed by atoms with Gasteiger partial charge in [0.25, 0.3) is 0 Å². The third-order valence-electron chi connectivity index (χ3n) is 3.61. The van der Waals surface area contributed by atoms with Gasteiger partial charge in [0.15, 0.2) is 0 Å².